The molecule has 0 saturated heterocycles. The number of nitrogens with zero attached hydrogens (tertiary/aromatic N) is 1. The predicted octanol–water partition coefficient (Wildman–Crippen LogP) is 4.29. The number of unbranched alkanes of at least 4 members (excludes halogenated alkanes) is 1. The highest BCUT2D eigenvalue weighted by Gasteiger charge is 2.22. The van der Waals surface area contributed by atoms with Crippen LogP contribution < -0.4 is 0 Å². The molecule has 1 aromatic rings. The zero-order valence-corrected chi connectivity index (χ0v) is 15.3. The Balaban J connectivity index is 2.98. The number of aryl methyl sites for hydroxylation is 1. The number of alkyl halides is 1. The second-order valence-corrected chi connectivity index (χ2v) is 7.37. The maximum atomic E-state index is 12.8. The van der Waals surface area contributed by atoms with Crippen molar-refractivity contribution in [2.24, 2.45) is 0 Å². The Morgan fingerprint density at radius 1 is 1.13 bits per heavy atom. The Hall–Kier alpha value is -1.32. The van der Waals surface area contributed by atoms with E-state index in [-0.39, 0.29) is 13.1 Å². The van der Waals surface area contributed by atoms with Crippen LogP contribution in [0.25, 0.3) is 0 Å². The molecule has 0 aliphatic carbocycles. The molecule has 0 bridgehead atoms. The number of allylic oxidation sites excluding steroid dienone is 1. The molecule has 0 saturated carbocycles. The third-order valence-corrected chi connectivity index (χ3v) is 5.21. The van der Waals surface area contributed by atoms with Gasteiger partial charge in [0.2, 0.25) is 10.0 Å². The molecule has 5 heteroatoms. The number of halogens is 1. The topological polar surface area (TPSA) is 37.4 Å². The monoisotopic (exact) mass is 353 g/mol. The molecule has 1 aromatic carbocycles. The number of sulfonamides is 1. The minimum Gasteiger partial charge on any atom is -0.207 e. The third-order valence-electron chi connectivity index (χ3n) is 3.19. The van der Waals surface area contributed by atoms with E-state index in [0.717, 1.165) is 18.4 Å². The van der Waals surface area contributed by atoms with E-state index in [2.05, 4.69) is 12.7 Å². The summed E-state index contributed by atoms with van der Waals surface area (Å²) in [4.78, 5) is 0.299. The number of hydrogen-bond acceptors (Lipinski definition) is 2. The van der Waals surface area contributed by atoms with Gasteiger partial charge in [0.25, 0.3) is 0 Å². The molecule has 23 heavy (non-hydrogen) atoms. The lowest BCUT2D eigenvalue weighted by molar-refractivity contribution is 0.474. The smallest absolute Gasteiger partial charge is 0.207 e. The van der Waals surface area contributed by atoms with Crippen LogP contribution in [0, 0.1) is 6.92 Å². The van der Waals surface area contributed by atoms with Gasteiger partial charge in [-0.05, 0) is 37.6 Å². The Bertz CT molecular complexity index is 657. The molecule has 0 aliphatic rings. The summed E-state index contributed by atoms with van der Waals surface area (Å²) in [5.74, 6) is 0.366. The van der Waals surface area contributed by atoms with Gasteiger partial charge in [-0.1, -0.05) is 43.2 Å². The van der Waals surface area contributed by atoms with E-state index in [1.165, 1.54) is 4.31 Å². The molecule has 0 aliphatic heterocycles. The summed E-state index contributed by atoms with van der Waals surface area (Å²) in [7, 11) is -3.54. The second kappa shape index (κ2) is 10.5. The molecule has 0 aromatic heterocycles. The van der Waals surface area contributed by atoms with Crippen LogP contribution in [0.2, 0.25) is 0 Å². The largest absolute Gasteiger partial charge is 0.243 e. The van der Waals surface area contributed by atoms with Crippen LogP contribution >= 0.6 is 11.6 Å². The zero-order chi connectivity index (χ0) is 17.1. The van der Waals surface area contributed by atoms with Crippen LogP contribution in [0.3, 0.4) is 0 Å². The van der Waals surface area contributed by atoms with E-state index < -0.39 is 10.0 Å². The van der Waals surface area contributed by atoms with Crippen molar-refractivity contribution in [2.45, 2.75) is 31.6 Å². The summed E-state index contributed by atoms with van der Waals surface area (Å²) < 4.78 is 26.9. The lowest BCUT2D eigenvalue weighted by Crippen LogP contribution is -2.31. The lowest BCUT2D eigenvalue weighted by atomic mass is 10.2. The number of hydrogen-bond donors (Lipinski definition) is 0. The van der Waals surface area contributed by atoms with Crippen molar-refractivity contribution in [3.8, 4) is 0 Å². The SMILES string of the molecule is CCCC=C=CCN(C/C=C\CCl)S(=O)(=O)c1ccc(C)cc1. The van der Waals surface area contributed by atoms with Crippen LogP contribution in [-0.2, 0) is 10.0 Å². The summed E-state index contributed by atoms with van der Waals surface area (Å²) in [5.41, 5.74) is 4.06. The summed E-state index contributed by atoms with van der Waals surface area (Å²) in [5, 5.41) is 0. The zero-order valence-electron chi connectivity index (χ0n) is 13.7. The second-order valence-electron chi connectivity index (χ2n) is 5.12. The van der Waals surface area contributed by atoms with Gasteiger partial charge in [0.15, 0.2) is 0 Å². The Morgan fingerprint density at radius 2 is 1.83 bits per heavy atom. The minimum atomic E-state index is -3.54. The van der Waals surface area contributed by atoms with Gasteiger partial charge in [0, 0.05) is 19.0 Å². The van der Waals surface area contributed by atoms with Crippen molar-refractivity contribution >= 4 is 21.6 Å². The molecule has 0 N–H and O–H groups in total. The summed E-state index contributed by atoms with van der Waals surface area (Å²) in [6.45, 7) is 4.58. The van der Waals surface area contributed by atoms with Crippen molar-refractivity contribution in [2.75, 3.05) is 19.0 Å². The molecule has 0 fully saturated rings. The third kappa shape index (κ3) is 6.76. The average Bonchev–Trinajstić information content (AvgIpc) is 2.53. The van der Waals surface area contributed by atoms with Crippen LogP contribution in [0.1, 0.15) is 25.3 Å². The predicted molar refractivity (Wildman–Crippen MR) is 97.4 cm³/mol. The van der Waals surface area contributed by atoms with E-state index in [0.29, 0.717) is 10.8 Å². The van der Waals surface area contributed by atoms with E-state index in [1.807, 2.05) is 13.0 Å². The number of rotatable bonds is 9. The molecule has 0 amide bonds. The van der Waals surface area contributed by atoms with Crippen LogP contribution in [0.15, 0.2) is 59.2 Å². The molecule has 0 unspecified atom stereocenters. The van der Waals surface area contributed by atoms with Crippen molar-refractivity contribution in [3.05, 3.63) is 59.9 Å². The van der Waals surface area contributed by atoms with E-state index in [9.17, 15) is 8.42 Å². The van der Waals surface area contributed by atoms with Crippen LogP contribution in [0.5, 0.6) is 0 Å². The van der Waals surface area contributed by atoms with Crippen molar-refractivity contribution < 1.29 is 8.42 Å². The highest BCUT2D eigenvalue weighted by atomic mass is 35.5. The van der Waals surface area contributed by atoms with Gasteiger partial charge in [-0.2, -0.15) is 4.31 Å². The van der Waals surface area contributed by atoms with Gasteiger partial charge in [-0.3, -0.25) is 0 Å². The number of benzene rings is 1. The van der Waals surface area contributed by atoms with E-state index in [4.69, 9.17) is 11.6 Å². The fourth-order valence-corrected chi connectivity index (χ4v) is 3.31. The first-order valence-electron chi connectivity index (χ1n) is 7.69. The Kier molecular flexibility index (Phi) is 8.97. The van der Waals surface area contributed by atoms with Crippen LogP contribution in [-0.4, -0.2) is 31.7 Å². The van der Waals surface area contributed by atoms with Crippen molar-refractivity contribution in [1.82, 2.24) is 4.31 Å². The first-order chi connectivity index (χ1) is 11.0. The van der Waals surface area contributed by atoms with Gasteiger partial charge < -0.3 is 0 Å². The van der Waals surface area contributed by atoms with Crippen molar-refractivity contribution in [3.63, 3.8) is 0 Å². The fourth-order valence-electron chi connectivity index (χ4n) is 1.85. The molecular weight excluding hydrogens is 330 g/mol. The maximum absolute atomic E-state index is 12.8. The lowest BCUT2D eigenvalue weighted by Gasteiger charge is -2.19. The van der Waals surface area contributed by atoms with Crippen molar-refractivity contribution in [1.29, 1.82) is 0 Å². The molecule has 126 valence electrons. The van der Waals surface area contributed by atoms with Gasteiger partial charge in [-0.15, -0.1) is 17.3 Å². The molecule has 1 rings (SSSR count). The Labute approximate surface area is 145 Å². The van der Waals surface area contributed by atoms with Gasteiger partial charge in [0.05, 0.1) is 4.90 Å². The fraction of sp³-hybridized carbons (Fsp3) is 0.389. The molecule has 0 radical (unpaired) electrons. The van der Waals surface area contributed by atoms with Gasteiger partial charge in [0.1, 0.15) is 0 Å². The molecule has 0 atom stereocenters. The van der Waals surface area contributed by atoms with E-state index >= 15 is 0 Å². The summed E-state index contributed by atoms with van der Waals surface area (Å²) >= 11 is 5.62. The highest BCUT2D eigenvalue weighted by Crippen LogP contribution is 2.16. The minimum absolute atomic E-state index is 0.281. The first-order valence-corrected chi connectivity index (χ1v) is 9.67. The van der Waals surface area contributed by atoms with Gasteiger partial charge >= 0.3 is 0 Å². The molecular formula is C18H24ClNO2S. The maximum Gasteiger partial charge on any atom is 0.243 e. The Morgan fingerprint density at radius 3 is 2.43 bits per heavy atom. The first kappa shape index (κ1) is 19.7. The molecule has 0 heterocycles. The standard InChI is InChI=1S/C18H24ClNO2S/c1-3-4-5-6-8-15-20(16-9-7-14-19)23(21,22)18-12-10-17(2)11-13-18/h5,7-13H,3-4,14-16H2,1-2H3/b9-7-. The van der Waals surface area contributed by atoms with E-state index in [1.54, 1.807) is 42.5 Å². The average molecular weight is 354 g/mol. The van der Waals surface area contributed by atoms with Gasteiger partial charge in [-0.25, -0.2) is 8.42 Å². The van der Waals surface area contributed by atoms with Crippen LogP contribution in [0.4, 0.5) is 0 Å². The quantitative estimate of drug-likeness (QED) is 0.377. The normalized spacial score (nSPS) is 11.7. The highest BCUT2D eigenvalue weighted by molar-refractivity contribution is 7.89. The summed E-state index contributed by atoms with van der Waals surface area (Å²) in [6, 6.07) is 6.88. The molecule has 3 nitrogen and oxygen atoms in total. The summed E-state index contributed by atoms with van der Waals surface area (Å²) in [6.07, 6.45) is 9.16. The molecule has 0 spiro atoms.